The third-order valence-electron chi connectivity index (χ3n) is 3.43. The molecule has 0 saturated heterocycles. The van der Waals surface area contributed by atoms with Crippen molar-refractivity contribution < 1.29 is 0 Å². The van der Waals surface area contributed by atoms with Gasteiger partial charge < -0.3 is 0 Å². The molecule has 2 nitrogen and oxygen atoms in total. The van der Waals surface area contributed by atoms with E-state index in [1.807, 2.05) is 0 Å². The standard InChI is InChI=1S/C14H26N2/c1-6-12(4)9-15-14-7-8-16(11(2)3)10-13(14)5/h9,11-12H,6-8,10H2,1-5H3/b15-9-. The summed E-state index contributed by atoms with van der Waals surface area (Å²) in [6, 6.07) is 0.648. The fraction of sp³-hybridized carbons (Fsp3) is 0.786. The van der Waals surface area contributed by atoms with Crippen LogP contribution in [0.2, 0.25) is 0 Å². The lowest BCUT2D eigenvalue weighted by Gasteiger charge is -2.31. The van der Waals surface area contributed by atoms with Crippen LogP contribution < -0.4 is 0 Å². The molecular formula is C14H26N2. The van der Waals surface area contributed by atoms with Gasteiger partial charge in [-0.05, 0) is 38.7 Å². The summed E-state index contributed by atoms with van der Waals surface area (Å²) in [5.74, 6) is 0.600. The molecule has 1 atom stereocenters. The van der Waals surface area contributed by atoms with E-state index in [-0.39, 0.29) is 0 Å². The quantitative estimate of drug-likeness (QED) is 0.665. The molecule has 0 bridgehead atoms. The van der Waals surface area contributed by atoms with Gasteiger partial charge in [0, 0.05) is 37.5 Å². The first-order valence-corrected chi connectivity index (χ1v) is 6.51. The molecule has 1 heterocycles. The highest BCUT2D eigenvalue weighted by Crippen LogP contribution is 2.20. The van der Waals surface area contributed by atoms with Crippen LogP contribution >= 0.6 is 0 Å². The van der Waals surface area contributed by atoms with Crippen LogP contribution in [0.4, 0.5) is 0 Å². The maximum Gasteiger partial charge on any atom is 0.0414 e. The topological polar surface area (TPSA) is 15.6 Å². The number of aliphatic imine (C=N–C) groups is 1. The normalized spacial score (nSPS) is 21.1. The highest BCUT2D eigenvalue weighted by Gasteiger charge is 2.17. The summed E-state index contributed by atoms with van der Waals surface area (Å²) in [6.07, 6.45) is 4.40. The van der Waals surface area contributed by atoms with E-state index in [1.165, 1.54) is 17.7 Å². The minimum Gasteiger partial charge on any atom is -0.297 e. The van der Waals surface area contributed by atoms with Gasteiger partial charge in [-0.1, -0.05) is 13.8 Å². The summed E-state index contributed by atoms with van der Waals surface area (Å²) in [6.45, 7) is 13.4. The molecule has 1 aliphatic rings. The first kappa shape index (κ1) is 13.4. The van der Waals surface area contributed by atoms with Crippen molar-refractivity contribution in [2.75, 3.05) is 13.1 Å². The largest absolute Gasteiger partial charge is 0.297 e. The summed E-state index contributed by atoms with van der Waals surface area (Å²) in [5.41, 5.74) is 2.76. The van der Waals surface area contributed by atoms with E-state index in [0.717, 1.165) is 19.5 Å². The summed E-state index contributed by atoms with van der Waals surface area (Å²) < 4.78 is 0. The Hall–Kier alpha value is -0.630. The second-order valence-electron chi connectivity index (χ2n) is 5.20. The lowest BCUT2D eigenvalue weighted by Crippen LogP contribution is -2.36. The van der Waals surface area contributed by atoms with Crippen LogP contribution in [-0.2, 0) is 0 Å². The van der Waals surface area contributed by atoms with Crippen molar-refractivity contribution in [3.63, 3.8) is 0 Å². The van der Waals surface area contributed by atoms with Gasteiger partial charge in [0.15, 0.2) is 0 Å². The van der Waals surface area contributed by atoms with E-state index < -0.39 is 0 Å². The lowest BCUT2D eigenvalue weighted by molar-refractivity contribution is 0.231. The molecule has 92 valence electrons. The van der Waals surface area contributed by atoms with Gasteiger partial charge in [-0.15, -0.1) is 0 Å². The molecule has 1 rings (SSSR count). The fourth-order valence-corrected chi connectivity index (χ4v) is 1.88. The van der Waals surface area contributed by atoms with Gasteiger partial charge in [0.1, 0.15) is 0 Å². The molecule has 0 N–H and O–H groups in total. The van der Waals surface area contributed by atoms with Crippen LogP contribution in [-0.4, -0.2) is 30.2 Å². The molecule has 0 aromatic carbocycles. The van der Waals surface area contributed by atoms with Crippen molar-refractivity contribution in [3.05, 3.63) is 11.3 Å². The van der Waals surface area contributed by atoms with Gasteiger partial charge in [0.2, 0.25) is 0 Å². The Morgan fingerprint density at radius 3 is 2.56 bits per heavy atom. The Balaban J connectivity index is 2.62. The highest BCUT2D eigenvalue weighted by molar-refractivity contribution is 5.61. The third-order valence-corrected chi connectivity index (χ3v) is 3.43. The second kappa shape index (κ2) is 6.19. The van der Waals surface area contributed by atoms with Crippen molar-refractivity contribution in [1.82, 2.24) is 4.90 Å². The van der Waals surface area contributed by atoms with Crippen molar-refractivity contribution in [1.29, 1.82) is 0 Å². The number of hydrogen-bond acceptors (Lipinski definition) is 2. The van der Waals surface area contributed by atoms with Crippen molar-refractivity contribution >= 4 is 6.21 Å². The summed E-state index contributed by atoms with van der Waals surface area (Å²) in [5, 5.41) is 0. The van der Waals surface area contributed by atoms with Crippen LogP contribution in [0, 0.1) is 5.92 Å². The van der Waals surface area contributed by atoms with Crippen molar-refractivity contribution in [2.24, 2.45) is 10.9 Å². The Morgan fingerprint density at radius 1 is 1.38 bits per heavy atom. The number of nitrogens with zero attached hydrogens (tertiary/aromatic N) is 2. The molecule has 0 aromatic rings. The van der Waals surface area contributed by atoms with Gasteiger partial charge in [-0.25, -0.2) is 0 Å². The van der Waals surface area contributed by atoms with Crippen LogP contribution in [0.15, 0.2) is 16.3 Å². The summed E-state index contributed by atoms with van der Waals surface area (Å²) in [4.78, 5) is 7.17. The van der Waals surface area contributed by atoms with Gasteiger partial charge in [0.05, 0.1) is 0 Å². The van der Waals surface area contributed by atoms with Crippen LogP contribution in [0.5, 0.6) is 0 Å². The Morgan fingerprint density at radius 2 is 2.06 bits per heavy atom. The lowest BCUT2D eigenvalue weighted by atomic mass is 10.1. The van der Waals surface area contributed by atoms with Gasteiger partial charge in [-0.2, -0.15) is 0 Å². The van der Waals surface area contributed by atoms with E-state index in [2.05, 4.69) is 50.7 Å². The number of hydrogen-bond donors (Lipinski definition) is 0. The molecule has 0 aromatic heterocycles. The van der Waals surface area contributed by atoms with Crippen LogP contribution in [0.25, 0.3) is 0 Å². The first-order valence-electron chi connectivity index (χ1n) is 6.51. The molecule has 0 saturated carbocycles. The van der Waals surface area contributed by atoms with Crippen LogP contribution in [0.1, 0.15) is 47.5 Å². The Labute approximate surface area is 100 Å². The van der Waals surface area contributed by atoms with Gasteiger partial charge in [0.25, 0.3) is 0 Å². The SMILES string of the molecule is CCC(C)/C=N\C1=C(C)CN(C(C)C)CC1. The summed E-state index contributed by atoms with van der Waals surface area (Å²) in [7, 11) is 0. The zero-order valence-corrected chi connectivity index (χ0v) is 11.5. The van der Waals surface area contributed by atoms with E-state index in [1.54, 1.807) is 0 Å². The molecule has 1 unspecified atom stereocenters. The molecule has 0 radical (unpaired) electrons. The molecule has 0 amide bonds. The van der Waals surface area contributed by atoms with E-state index >= 15 is 0 Å². The zero-order valence-electron chi connectivity index (χ0n) is 11.5. The van der Waals surface area contributed by atoms with Crippen molar-refractivity contribution in [3.8, 4) is 0 Å². The molecule has 0 spiro atoms. The fourth-order valence-electron chi connectivity index (χ4n) is 1.88. The molecule has 1 aliphatic heterocycles. The highest BCUT2D eigenvalue weighted by atomic mass is 15.2. The third kappa shape index (κ3) is 3.75. The number of rotatable bonds is 4. The first-order chi connectivity index (χ1) is 7.54. The maximum absolute atomic E-state index is 4.66. The van der Waals surface area contributed by atoms with Gasteiger partial charge in [-0.3, -0.25) is 9.89 Å². The monoisotopic (exact) mass is 222 g/mol. The average molecular weight is 222 g/mol. The predicted molar refractivity (Wildman–Crippen MR) is 72.0 cm³/mol. The molecule has 2 heteroatoms. The van der Waals surface area contributed by atoms with Crippen LogP contribution in [0.3, 0.4) is 0 Å². The Bertz CT molecular complexity index is 276. The average Bonchev–Trinajstić information content (AvgIpc) is 2.26. The molecule has 0 fully saturated rings. The smallest absolute Gasteiger partial charge is 0.0414 e. The van der Waals surface area contributed by atoms with Crippen molar-refractivity contribution in [2.45, 2.75) is 53.5 Å². The van der Waals surface area contributed by atoms with E-state index in [4.69, 9.17) is 0 Å². The Kier molecular flexibility index (Phi) is 5.20. The molecule has 16 heavy (non-hydrogen) atoms. The van der Waals surface area contributed by atoms with Gasteiger partial charge >= 0.3 is 0 Å². The minimum atomic E-state index is 0.600. The van der Waals surface area contributed by atoms with E-state index in [0.29, 0.717) is 12.0 Å². The second-order valence-corrected chi connectivity index (χ2v) is 5.20. The minimum absolute atomic E-state index is 0.600. The van der Waals surface area contributed by atoms with E-state index in [9.17, 15) is 0 Å². The maximum atomic E-state index is 4.66. The zero-order chi connectivity index (χ0) is 12.1. The molecule has 0 aliphatic carbocycles. The summed E-state index contributed by atoms with van der Waals surface area (Å²) >= 11 is 0. The molecular weight excluding hydrogens is 196 g/mol. The predicted octanol–water partition coefficient (Wildman–Crippen LogP) is 3.49.